The van der Waals surface area contributed by atoms with Crippen LogP contribution in [-0.4, -0.2) is 76.1 Å². The molecular weight excluding hydrogens is 586 g/mol. The van der Waals surface area contributed by atoms with Gasteiger partial charge in [0.1, 0.15) is 11.8 Å². The van der Waals surface area contributed by atoms with Crippen LogP contribution in [0.25, 0.3) is 0 Å². The zero-order valence-electron chi connectivity index (χ0n) is 26.9. The molecule has 2 aromatic rings. The molecule has 2 aromatic carbocycles. The van der Waals surface area contributed by atoms with Gasteiger partial charge in [-0.15, -0.1) is 24.9 Å². The average Bonchev–Trinajstić information content (AvgIpc) is 3.63. The Kier molecular flexibility index (Phi) is 9.52. The number of nitrogens with zero attached hydrogens (tertiary/aromatic N) is 3. The summed E-state index contributed by atoms with van der Waals surface area (Å²) in [4.78, 5) is 49.2. The molecule has 240 valence electrons. The molecular formula is C36H45N3O5S. The van der Waals surface area contributed by atoms with Crippen molar-refractivity contribution in [3.63, 3.8) is 0 Å². The number of rotatable bonds is 12. The lowest BCUT2D eigenvalue weighted by atomic mass is 9.65. The topological polar surface area (TPSA) is 90.4 Å². The maximum absolute atomic E-state index is 14.9. The van der Waals surface area contributed by atoms with Gasteiger partial charge in [0.25, 0.3) is 5.91 Å². The number of amides is 3. The number of hydrogen-bond acceptors (Lipinski definition) is 6. The van der Waals surface area contributed by atoms with Gasteiger partial charge in [-0.05, 0) is 81.5 Å². The third-order valence-electron chi connectivity index (χ3n) is 9.71. The van der Waals surface area contributed by atoms with Gasteiger partial charge in [0.05, 0.1) is 35.8 Å². The number of ether oxygens (including phenoxy) is 1. The number of thioether (sulfide) groups is 1. The van der Waals surface area contributed by atoms with Gasteiger partial charge >= 0.3 is 0 Å². The van der Waals surface area contributed by atoms with Crippen LogP contribution < -0.4 is 14.5 Å². The maximum Gasteiger partial charge on any atom is 0.251 e. The summed E-state index contributed by atoms with van der Waals surface area (Å²) in [5.41, 5.74) is 3.43. The van der Waals surface area contributed by atoms with Crippen molar-refractivity contribution < 1.29 is 24.2 Å². The predicted molar refractivity (Wildman–Crippen MR) is 181 cm³/mol. The molecule has 0 saturated carbocycles. The van der Waals surface area contributed by atoms with E-state index < -0.39 is 28.7 Å². The average molecular weight is 632 g/mol. The molecule has 8 nitrogen and oxygen atoms in total. The number of carbonyl (C=O) groups excluding carboxylic acids is 3. The Balaban J connectivity index is 1.59. The molecule has 9 heteroatoms. The molecule has 7 atom stereocenters. The highest BCUT2D eigenvalue weighted by molar-refractivity contribution is 8.02. The number of likely N-dealkylation sites (tertiary alicyclic amines) is 1. The van der Waals surface area contributed by atoms with E-state index in [1.165, 1.54) is 0 Å². The lowest BCUT2D eigenvalue weighted by Gasteiger charge is -2.42. The summed E-state index contributed by atoms with van der Waals surface area (Å²) in [6, 6.07) is 11.9. The zero-order valence-corrected chi connectivity index (χ0v) is 27.8. The molecule has 45 heavy (non-hydrogen) atoms. The Labute approximate surface area is 271 Å². The Morgan fingerprint density at radius 1 is 1.11 bits per heavy atom. The van der Waals surface area contributed by atoms with Crippen molar-refractivity contribution in [1.29, 1.82) is 0 Å². The summed E-state index contributed by atoms with van der Waals surface area (Å²) in [7, 11) is 0. The number of benzene rings is 2. The van der Waals surface area contributed by atoms with Crippen LogP contribution >= 0.6 is 11.8 Å². The SMILES string of the molecule is C=CCN(C(=O)[C@@H]1[C@H]2C(=O)N([C@H](C)CO)C(C(=O)N(CC=C)c3cc(C)ccc3C)C23S[C@@H]1CC3C)c1ccc(OCC)cc1. The molecule has 3 fully saturated rings. The van der Waals surface area contributed by atoms with Crippen LogP contribution in [0.5, 0.6) is 5.75 Å². The van der Waals surface area contributed by atoms with Crippen molar-refractivity contribution in [2.24, 2.45) is 17.8 Å². The van der Waals surface area contributed by atoms with E-state index in [4.69, 9.17) is 4.74 Å². The Morgan fingerprint density at radius 2 is 1.78 bits per heavy atom. The van der Waals surface area contributed by atoms with E-state index in [0.717, 1.165) is 16.8 Å². The maximum atomic E-state index is 14.9. The highest BCUT2D eigenvalue weighted by Gasteiger charge is 2.77. The van der Waals surface area contributed by atoms with E-state index in [1.54, 1.807) is 45.5 Å². The Hall–Kier alpha value is -3.56. The monoisotopic (exact) mass is 631 g/mol. The molecule has 3 heterocycles. The van der Waals surface area contributed by atoms with Gasteiger partial charge in [-0.25, -0.2) is 0 Å². The number of anilines is 2. The van der Waals surface area contributed by atoms with Crippen LogP contribution in [0, 0.1) is 31.6 Å². The van der Waals surface area contributed by atoms with E-state index in [9.17, 15) is 19.5 Å². The fourth-order valence-electron chi connectivity index (χ4n) is 7.70. The van der Waals surface area contributed by atoms with Gasteiger partial charge < -0.3 is 24.5 Å². The highest BCUT2D eigenvalue weighted by atomic mass is 32.2. The standard InChI is InChI=1S/C36H45N3O5S/c1-8-17-37(26-13-15-27(16-14-26)44-10-3)33(41)30-29-20-24(6)36(45-29)31(30)34(42)39(25(7)21-40)32(36)35(43)38(18-9-2)28-19-22(4)11-12-23(28)5/h8-9,11-16,19,24-25,29-32,40H,1-2,10,17-18,20-21H2,3-7H3/t24?,25-,29-,30+,31+,32?,36?/m1/s1. The second-order valence-electron chi connectivity index (χ2n) is 12.5. The van der Waals surface area contributed by atoms with Crippen molar-refractivity contribution in [2.75, 3.05) is 36.1 Å². The van der Waals surface area contributed by atoms with Gasteiger partial charge in [0, 0.05) is 29.7 Å². The first-order valence-electron chi connectivity index (χ1n) is 15.8. The molecule has 0 radical (unpaired) electrons. The fourth-order valence-corrected chi connectivity index (χ4v) is 10.1. The number of carbonyl (C=O) groups is 3. The predicted octanol–water partition coefficient (Wildman–Crippen LogP) is 5.16. The first kappa shape index (κ1) is 32.8. The third kappa shape index (κ3) is 5.37. The number of hydrogen-bond donors (Lipinski definition) is 1. The van der Waals surface area contributed by atoms with Crippen LogP contribution in [0.15, 0.2) is 67.8 Å². The minimum absolute atomic E-state index is 0.00198. The quantitative estimate of drug-likeness (QED) is 0.326. The summed E-state index contributed by atoms with van der Waals surface area (Å²) in [5.74, 6) is -1.20. The van der Waals surface area contributed by atoms with E-state index in [1.807, 2.05) is 63.2 Å². The van der Waals surface area contributed by atoms with Gasteiger partial charge in [0.2, 0.25) is 11.8 Å². The molecule has 1 spiro atoms. The van der Waals surface area contributed by atoms with Crippen molar-refractivity contribution in [3.05, 3.63) is 78.9 Å². The third-order valence-corrected chi connectivity index (χ3v) is 11.8. The van der Waals surface area contributed by atoms with Gasteiger partial charge in [0.15, 0.2) is 0 Å². The fraction of sp³-hybridized carbons (Fsp3) is 0.472. The van der Waals surface area contributed by atoms with E-state index >= 15 is 0 Å². The van der Waals surface area contributed by atoms with Crippen LogP contribution in [0.2, 0.25) is 0 Å². The molecule has 5 rings (SSSR count). The molecule has 3 amide bonds. The lowest BCUT2D eigenvalue weighted by molar-refractivity contribution is -0.141. The van der Waals surface area contributed by atoms with Crippen molar-refractivity contribution in [1.82, 2.24) is 4.90 Å². The minimum atomic E-state index is -0.849. The molecule has 0 aromatic heterocycles. The van der Waals surface area contributed by atoms with Crippen molar-refractivity contribution in [2.45, 2.75) is 63.1 Å². The lowest BCUT2D eigenvalue weighted by Crippen LogP contribution is -2.59. The van der Waals surface area contributed by atoms with Crippen LogP contribution in [0.1, 0.15) is 38.3 Å². The summed E-state index contributed by atoms with van der Waals surface area (Å²) in [6.07, 6.45) is 4.10. The number of aryl methyl sites for hydroxylation is 2. The van der Waals surface area contributed by atoms with Crippen molar-refractivity contribution >= 4 is 40.9 Å². The highest BCUT2D eigenvalue weighted by Crippen LogP contribution is 2.69. The molecule has 0 aliphatic carbocycles. The van der Waals surface area contributed by atoms with E-state index in [-0.39, 0.29) is 48.6 Å². The summed E-state index contributed by atoms with van der Waals surface area (Å²) >= 11 is 1.63. The van der Waals surface area contributed by atoms with Crippen molar-refractivity contribution in [3.8, 4) is 5.75 Å². The van der Waals surface area contributed by atoms with E-state index in [2.05, 4.69) is 20.1 Å². The molecule has 2 bridgehead atoms. The first-order chi connectivity index (χ1) is 21.5. The summed E-state index contributed by atoms with van der Waals surface area (Å²) in [5, 5.41) is 10.2. The minimum Gasteiger partial charge on any atom is -0.494 e. The first-order valence-corrected chi connectivity index (χ1v) is 16.7. The Bertz CT molecular complexity index is 1480. The molecule has 3 saturated heterocycles. The number of aliphatic hydroxyl groups is 1. The molecule has 1 N–H and O–H groups in total. The molecule has 3 aliphatic heterocycles. The van der Waals surface area contributed by atoms with Gasteiger partial charge in [-0.3, -0.25) is 14.4 Å². The Morgan fingerprint density at radius 3 is 2.40 bits per heavy atom. The zero-order chi connectivity index (χ0) is 32.6. The summed E-state index contributed by atoms with van der Waals surface area (Å²) in [6.45, 7) is 18.4. The van der Waals surface area contributed by atoms with Crippen LogP contribution in [-0.2, 0) is 14.4 Å². The largest absolute Gasteiger partial charge is 0.494 e. The number of fused-ring (bicyclic) bond motifs is 1. The smallest absolute Gasteiger partial charge is 0.251 e. The molecule has 3 aliphatic rings. The second kappa shape index (κ2) is 13.0. The second-order valence-corrected chi connectivity index (χ2v) is 14.1. The normalized spacial score (nSPS) is 27.2. The van der Waals surface area contributed by atoms with Crippen LogP contribution in [0.3, 0.4) is 0 Å². The molecule has 3 unspecified atom stereocenters. The van der Waals surface area contributed by atoms with Gasteiger partial charge in [-0.2, -0.15) is 0 Å². The van der Waals surface area contributed by atoms with E-state index in [0.29, 0.717) is 24.5 Å². The summed E-state index contributed by atoms with van der Waals surface area (Å²) < 4.78 is 4.78. The van der Waals surface area contributed by atoms with Gasteiger partial charge in [-0.1, -0.05) is 31.2 Å². The number of aliphatic hydroxyl groups excluding tert-OH is 1. The van der Waals surface area contributed by atoms with Crippen LogP contribution in [0.4, 0.5) is 11.4 Å².